The Morgan fingerprint density at radius 1 is 1.08 bits per heavy atom. The molecule has 1 amide bonds. The highest BCUT2D eigenvalue weighted by Crippen LogP contribution is 2.25. The summed E-state index contributed by atoms with van der Waals surface area (Å²) in [7, 11) is 0. The number of hydrogen-bond acceptors (Lipinski definition) is 2. The molecular weight excluding hydrogens is 302 g/mol. The third kappa shape index (κ3) is 3.65. The van der Waals surface area contributed by atoms with Gasteiger partial charge in [-0.1, -0.05) is 54.1 Å². The van der Waals surface area contributed by atoms with E-state index >= 15 is 0 Å². The Kier molecular flexibility index (Phi) is 4.65. The van der Waals surface area contributed by atoms with Crippen molar-refractivity contribution in [2.24, 2.45) is 5.92 Å². The largest absolute Gasteiger partial charge is 0.481 e. The van der Waals surface area contributed by atoms with Gasteiger partial charge in [-0.3, -0.25) is 9.59 Å². The van der Waals surface area contributed by atoms with Gasteiger partial charge in [0, 0.05) is 19.5 Å². The normalized spacial score (nSPS) is 14.3. The fourth-order valence-corrected chi connectivity index (χ4v) is 3.18. The number of carboxylic acid groups (broad SMARTS) is 1. The minimum absolute atomic E-state index is 0.0389. The summed E-state index contributed by atoms with van der Waals surface area (Å²) in [5.41, 5.74) is 4.44. The van der Waals surface area contributed by atoms with Crippen LogP contribution in [-0.4, -0.2) is 21.9 Å². The van der Waals surface area contributed by atoms with Crippen LogP contribution in [0.25, 0.3) is 0 Å². The Balaban J connectivity index is 1.65. The van der Waals surface area contributed by atoms with Gasteiger partial charge in [-0.15, -0.1) is 0 Å². The number of aliphatic carboxylic acids is 1. The van der Waals surface area contributed by atoms with Crippen molar-refractivity contribution < 1.29 is 14.7 Å². The first-order chi connectivity index (χ1) is 11.5. The fourth-order valence-electron chi connectivity index (χ4n) is 3.18. The van der Waals surface area contributed by atoms with Crippen LogP contribution in [0.2, 0.25) is 0 Å². The quantitative estimate of drug-likeness (QED) is 0.919. The molecule has 1 heterocycles. The number of aryl methyl sites for hydroxylation is 1. The van der Waals surface area contributed by atoms with Crippen molar-refractivity contribution in [2.75, 3.05) is 0 Å². The zero-order valence-electron chi connectivity index (χ0n) is 13.7. The van der Waals surface area contributed by atoms with Crippen LogP contribution in [0.1, 0.15) is 28.7 Å². The third-order valence-corrected chi connectivity index (χ3v) is 4.53. The number of carbonyl (C=O) groups is 2. The molecule has 1 N–H and O–H groups in total. The Bertz CT molecular complexity index is 755. The maximum Gasteiger partial charge on any atom is 0.307 e. The Labute approximate surface area is 141 Å². The van der Waals surface area contributed by atoms with E-state index in [1.54, 1.807) is 4.90 Å². The van der Waals surface area contributed by atoms with Gasteiger partial charge in [0.05, 0.1) is 5.92 Å². The molecule has 1 aliphatic rings. The van der Waals surface area contributed by atoms with E-state index in [9.17, 15) is 14.7 Å². The van der Waals surface area contributed by atoms with Crippen LogP contribution in [-0.2, 0) is 29.1 Å². The SMILES string of the molecule is Cc1ccc2c(c1)CN(C(=O)C[C@H](Cc1ccccc1)C(=O)O)C2. The molecule has 24 heavy (non-hydrogen) atoms. The lowest BCUT2D eigenvalue weighted by molar-refractivity contribution is -0.146. The topological polar surface area (TPSA) is 57.6 Å². The van der Waals surface area contributed by atoms with E-state index in [-0.39, 0.29) is 12.3 Å². The van der Waals surface area contributed by atoms with Crippen LogP contribution >= 0.6 is 0 Å². The van der Waals surface area contributed by atoms with Gasteiger partial charge in [-0.2, -0.15) is 0 Å². The third-order valence-electron chi connectivity index (χ3n) is 4.53. The van der Waals surface area contributed by atoms with E-state index in [1.807, 2.05) is 43.3 Å². The molecular formula is C20H21NO3. The van der Waals surface area contributed by atoms with Crippen LogP contribution in [0.3, 0.4) is 0 Å². The van der Waals surface area contributed by atoms with Crippen LogP contribution in [0.5, 0.6) is 0 Å². The number of rotatable bonds is 5. The summed E-state index contributed by atoms with van der Waals surface area (Å²) in [6, 6.07) is 15.7. The maximum atomic E-state index is 12.6. The monoisotopic (exact) mass is 323 g/mol. The molecule has 0 saturated heterocycles. The lowest BCUT2D eigenvalue weighted by atomic mass is 9.96. The van der Waals surface area contributed by atoms with Gasteiger partial charge in [0.2, 0.25) is 5.91 Å². The zero-order chi connectivity index (χ0) is 17.1. The molecule has 2 aromatic rings. The van der Waals surface area contributed by atoms with Crippen molar-refractivity contribution in [3.05, 3.63) is 70.8 Å². The van der Waals surface area contributed by atoms with Crippen molar-refractivity contribution >= 4 is 11.9 Å². The van der Waals surface area contributed by atoms with Gasteiger partial charge in [-0.25, -0.2) is 0 Å². The Hall–Kier alpha value is -2.62. The molecule has 0 fully saturated rings. The molecule has 4 nitrogen and oxygen atoms in total. The van der Waals surface area contributed by atoms with E-state index < -0.39 is 11.9 Å². The predicted octanol–water partition coefficient (Wildman–Crippen LogP) is 3.17. The Morgan fingerprint density at radius 3 is 2.50 bits per heavy atom. The molecule has 1 aliphatic heterocycles. The summed E-state index contributed by atoms with van der Waals surface area (Å²) in [6.07, 6.45) is 0.416. The second-order valence-electron chi connectivity index (χ2n) is 6.45. The van der Waals surface area contributed by atoms with Crippen molar-refractivity contribution in [1.29, 1.82) is 0 Å². The molecule has 0 bridgehead atoms. The van der Waals surface area contributed by atoms with Crippen LogP contribution in [0, 0.1) is 12.8 Å². The minimum Gasteiger partial charge on any atom is -0.481 e. The number of nitrogens with zero attached hydrogens (tertiary/aromatic N) is 1. The first kappa shape index (κ1) is 16.2. The summed E-state index contributed by atoms with van der Waals surface area (Å²) >= 11 is 0. The highest BCUT2D eigenvalue weighted by molar-refractivity contribution is 5.83. The fraction of sp³-hybridized carbons (Fsp3) is 0.300. The van der Waals surface area contributed by atoms with Crippen molar-refractivity contribution in [3.63, 3.8) is 0 Å². The smallest absolute Gasteiger partial charge is 0.307 e. The highest BCUT2D eigenvalue weighted by atomic mass is 16.4. The van der Waals surface area contributed by atoms with Crippen LogP contribution in [0.15, 0.2) is 48.5 Å². The molecule has 124 valence electrons. The van der Waals surface area contributed by atoms with Crippen molar-refractivity contribution in [1.82, 2.24) is 4.90 Å². The average molecular weight is 323 g/mol. The number of carbonyl (C=O) groups excluding carboxylic acids is 1. The number of amides is 1. The van der Waals surface area contributed by atoms with Crippen molar-refractivity contribution in [3.8, 4) is 0 Å². The standard InChI is InChI=1S/C20H21NO3/c1-14-7-8-16-12-21(13-18(16)9-14)19(22)11-17(20(23)24)10-15-5-3-2-4-6-15/h2-9,17H,10-13H2,1H3,(H,23,24)/t17-/m0/s1. The van der Waals surface area contributed by atoms with Gasteiger partial charge < -0.3 is 10.0 Å². The molecule has 0 saturated carbocycles. The number of fused-ring (bicyclic) bond motifs is 1. The molecule has 0 unspecified atom stereocenters. The molecule has 0 aliphatic carbocycles. The molecule has 2 aromatic carbocycles. The van der Waals surface area contributed by atoms with E-state index in [0.717, 1.165) is 11.1 Å². The van der Waals surface area contributed by atoms with Gasteiger partial charge >= 0.3 is 5.97 Å². The second kappa shape index (κ2) is 6.87. The number of carboxylic acids is 1. The first-order valence-corrected chi connectivity index (χ1v) is 8.16. The van der Waals surface area contributed by atoms with E-state index in [2.05, 4.69) is 12.1 Å². The summed E-state index contributed by atoms with van der Waals surface area (Å²) in [4.78, 5) is 25.9. The van der Waals surface area contributed by atoms with Gasteiger partial charge in [0.15, 0.2) is 0 Å². The maximum absolute atomic E-state index is 12.6. The lowest BCUT2D eigenvalue weighted by Crippen LogP contribution is -2.30. The zero-order valence-corrected chi connectivity index (χ0v) is 13.7. The van der Waals surface area contributed by atoms with E-state index in [1.165, 1.54) is 11.1 Å². The lowest BCUT2D eigenvalue weighted by Gasteiger charge is -2.18. The minimum atomic E-state index is -0.917. The molecule has 0 radical (unpaired) electrons. The highest BCUT2D eigenvalue weighted by Gasteiger charge is 2.28. The number of benzene rings is 2. The van der Waals surface area contributed by atoms with Crippen molar-refractivity contribution in [2.45, 2.75) is 32.9 Å². The van der Waals surface area contributed by atoms with E-state index in [0.29, 0.717) is 19.5 Å². The van der Waals surface area contributed by atoms with Crippen LogP contribution in [0.4, 0.5) is 0 Å². The molecule has 4 heteroatoms. The molecule has 3 rings (SSSR count). The van der Waals surface area contributed by atoms with E-state index in [4.69, 9.17) is 0 Å². The average Bonchev–Trinajstić information content (AvgIpc) is 2.98. The number of hydrogen-bond donors (Lipinski definition) is 1. The van der Waals surface area contributed by atoms with Gasteiger partial charge in [-0.05, 0) is 30.0 Å². The van der Waals surface area contributed by atoms with Crippen LogP contribution < -0.4 is 0 Å². The summed E-state index contributed by atoms with van der Waals surface area (Å²) in [5.74, 6) is -1.70. The molecule has 0 spiro atoms. The van der Waals surface area contributed by atoms with Gasteiger partial charge in [0.25, 0.3) is 0 Å². The van der Waals surface area contributed by atoms with Gasteiger partial charge in [0.1, 0.15) is 0 Å². The summed E-state index contributed by atoms with van der Waals surface area (Å²) in [6.45, 7) is 3.19. The predicted molar refractivity (Wildman–Crippen MR) is 91.3 cm³/mol. The second-order valence-corrected chi connectivity index (χ2v) is 6.45. The molecule has 0 aromatic heterocycles. The first-order valence-electron chi connectivity index (χ1n) is 8.16. The Morgan fingerprint density at radius 2 is 1.79 bits per heavy atom. The summed E-state index contributed by atoms with van der Waals surface area (Å²) < 4.78 is 0. The molecule has 1 atom stereocenters. The summed E-state index contributed by atoms with van der Waals surface area (Å²) in [5, 5.41) is 9.47.